The summed E-state index contributed by atoms with van der Waals surface area (Å²) in [5.74, 6) is -0.802. The molecule has 0 fully saturated rings. The lowest BCUT2D eigenvalue weighted by Gasteiger charge is -2.33. The van der Waals surface area contributed by atoms with Crippen molar-refractivity contribution >= 4 is 17.6 Å². The van der Waals surface area contributed by atoms with Crippen molar-refractivity contribution < 1.29 is 14.0 Å². The van der Waals surface area contributed by atoms with E-state index < -0.39 is 5.82 Å². The van der Waals surface area contributed by atoms with Gasteiger partial charge in [-0.05, 0) is 31.5 Å². The van der Waals surface area contributed by atoms with Crippen molar-refractivity contribution in [3.63, 3.8) is 0 Å². The average molecular weight is 382 g/mol. The molecule has 144 valence electrons. The molecule has 1 aromatic heterocycles. The molecule has 0 bridgehead atoms. The van der Waals surface area contributed by atoms with Gasteiger partial charge in [-0.2, -0.15) is 10.4 Å². The number of hydrogen-bond donors (Lipinski definition) is 2. The van der Waals surface area contributed by atoms with Crippen molar-refractivity contribution in [3.05, 3.63) is 46.5 Å². The highest BCUT2D eigenvalue weighted by atomic mass is 19.1. The number of halogens is 1. The van der Waals surface area contributed by atoms with E-state index in [0.717, 1.165) is 23.7 Å². The van der Waals surface area contributed by atoms with E-state index in [1.54, 1.807) is 15.7 Å². The lowest BCUT2D eigenvalue weighted by atomic mass is 9.99. The maximum atomic E-state index is 13.5. The molecule has 0 spiro atoms. The van der Waals surface area contributed by atoms with Gasteiger partial charge < -0.3 is 15.5 Å². The Morgan fingerprint density at radius 3 is 3.07 bits per heavy atom. The number of benzene rings is 1. The number of anilines is 1. The van der Waals surface area contributed by atoms with Gasteiger partial charge in [0.1, 0.15) is 17.6 Å². The number of fused-ring (bicyclic) bond motifs is 3. The molecule has 2 aliphatic heterocycles. The zero-order valence-electron chi connectivity index (χ0n) is 15.3. The summed E-state index contributed by atoms with van der Waals surface area (Å²) in [7, 11) is 0. The normalized spacial score (nSPS) is 18.4. The Morgan fingerprint density at radius 1 is 1.46 bits per heavy atom. The molecule has 0 saturated heterocycles. The number of nitriles is 1. The van der Waals surface area contributed by atoms with Crippen molar-refractivity contribution in [1.29, 1.82) is 5.26 Å². The van der Waals surface area contributed by atoms with Crippen LogP contribution in [-0.2, 0) is 19.5 Å². The molecule has 2 aliphatic rings. The lowest BCUT2D eigenvalue weighted by molar-refractivity contribution is 0.0947. The maximum Gasteiger partial charge on any atom is 0.322 e. The van der Waals surface area contributed by atoms with E-state index in [1.165, 1.54) is 12.1 Å². The molecular weight excluding hydrogens is 363 g/mol. The summed E-state index contributed by atoms with van der Waals surface area (Å²) in [6.45, 7) is 3.44. The van der Waals surface area contributed by atoms with Crippen LogP contribution >= 0.6 is 0 Å². The summed E-state index contributed by atoms with van der Waals surface area (Å²) in [6, 6.07) is 5.12. The molecule has 2 aromatic rings. The second-order valence-corrected chi connectivity index (χ2v) is 7.02. The Kier molecular flexibility index (Phi) is 4.47. The number of aromatic nitrogens is 2. The van der Waals surface area contributed by atoms with E-state index in [9.17, 15) is 14.0 Å². The third-order valence-electron chi connectivity index (χ3n) is 5.13. The highest BCUT2D eigenvalue weighted by Gasteiger charge is 2.34. The molecule has 9 heteroatoms. The summed E-state index contributed by atoms with van der Waals surface area (Å²) in [5.41, 5.74) is 2.34. The monoisotopic (exact) mass is 382 g/mol. The largest absolute Gasteiger partial charge is 0.351 e. The average Bonchev–Trinajstić information content (AvgIpc) is 2.92. The van der Waals surface area contributed by atoms with Gasteiger partial charge in [0.25, 0.3) is 5.91 Å². The number of amides is 3. The first kappa shape index (κ1) is 18.0. The molecule has 3 amide bonds. The van der Waals surface area contributed by atoms with Gasteiger partial charge in [0.2, 0.25) is 0 Å². The number of urea groups is 1. The minimum Gasteiger partial charge on any atom is -0.351 e. The number of carbonyl (C=O) groups is 2. The minimum absolute atomic E-state index is 0.120. The van der Waals surface area contributed by atoms with Crippen LogP contribution in [-0.4, -0.2) is 39.2 Å². The molecule has 28 heavy (non-hydrogen) atoms. The van der Waals surface area contributed by atoms with Crippen molar-refractivity contribution in [1.82, 2.24) is 20.0 Å². The van der Waals surface area contributed by atoms with E-state index >= 15 is 0 Å². The predicted octanol–water partition coefficient (Wildman–Crippen LogP) is 2.01. The summed E-state index contributed by atoms with van der Waals surface area (Å²) in [5, 5.41) is 19.1. The zero-order chi connectivity index (χ0) is 19.8. The fourth-order valence-corrected chi connectivity index (χ4v) is 3.68. The Labute approximate surface area is 160 Å². The molecule has 8 nitrogen and oxygen atoms in total. The fourth-order valence-electron chi connectivity index (χ4n) is 3.68. The van der Waals surface area contributed by atoms with Crippen molar-refractivity contribution in [2.45, 2.75) is 38.9 Å². The highest BCUT2D eigenvalue weighted by molar-refractivity contribution is 5.95. The first-order valence-electron chi connectivity index (χ1n) is 9.12. The van der Waals surface area contributed by atoms with Crippen LogP contribution in [0.2, 0.25) is 0 Å². The Balaban J connectivity index is 1.59. The molecule has 1 aromatic carbocycles. The second kappa shape index (κ2) is 6.96. The zero-order valence-corrected chi connectivity index (χ0v) is 15.3. The summed E-state index contributed by atoms with van der Waals surface area (Å²) in [6.07, 6.45) is 1.35. The third-order valence-corrected chi connectivity index (χ3v) is 5.13. The number of hydrogen-bond acceptors (Lipinski definition) is 4. The Morgan fingerprint density at radius 2 is 2.29 bits per heavy atom. The van der Waals surface area contributed by atoms with Gasteiger partial charge in [0, 0.05) is 36.8 Å². The summed E-state index contributed by atoms with van der Waals surface area (Å²) in [4.78, 5) is 26.9. The van der Waals surface area contributed by atoms with Gasteiger partial charge in [-0.1, -0.05) is 0 Å². The van der Waals surface area contributed by atoms with Crippen LogP contribution in [0.15, 0.2) is 18.2 Å². The first-order chi connectivity index (χ1) is 13.5. The van der Waals surface area contributed by atoms with E-state index in [1.807, 2.05) is 6.92 Å². The van der Waals surface area contributed by atoms with Crippen molar-refractivity contribution in [2.24, 2.45) is 0 Å². The molecule has 3 heterocycles. The topological polar surface area (TPSA) is 103 Å². The first-order valence-corrected chi connectivity index (χ1v) is 9.12. The predicted molar refractivity (Wildman–Crippen MR) is 98.0 cm³/mol. The van der Waals surface area contributed by atoms with Crippen molar-refractivity contribution in [2.75, 3.05) is 11.9 Å². The van der Waals surface area contributed by atoms with Crippen LogP contribution in [0, 0.1) is 17.1 Å². The molecular formula is C19H19FN6O2. The number of rotatable bonds is 1. The maximum absolute atomic E-state index is 13.5. The molecule has 0 aliphatic carbocycles. The van der Waals surface area contributed by atoms with E-state index in [4.69, 9.17) is 5.26 Å². The molecule has 0 radical (unpaired) electrons. The molecule has 4 rings (SSSR count). The molecule has 1 atom stereocenters. The van der Waals surface area contributed by atoms with Crippen LogP contribution in [0.3, 0.4) is 0 Å². The quantitative estimate of drug-likeness (QED) is 0.787. The van der Waals surface area contributed by atoms with Crippen LogP contribution in [0.25, 0.3) is 0 Å². The number of aryl methyl sites for hydroxylation is 1. The van der Waals surface area contributed by atoms with E-state index in [2.05, 4.69) is 15.7 Å². The van der Waals surface area contributed by atoms with Gasteiger partial charge in [-0.25, -0.2) is 9.18 Å². The smallest absolute Gasteiger partial charge is 0.322 e. The highest BCUT2D eigenvalue weighted by Crippen LogP contribution is 2.27. The Hall–Kier alpha value is -3.41. The summed E-state index contributed by atoms with van der Waals surface area (Å²) >= 11 is 0. The van der Waals surface area contributed by atoms with Crippen LogP contribution < -0.4 is 10.6 Å². The van der Waals surface area contributed by atoms with Gasteiger partial charge >= 0.3 is 6.03 Å². The molecule has 0 unspecified atom stereocenters. The fraction of sp³-hybridized carbons (Fsp3) is 0.368. The number of nitrogens with zero attached hydrogens (tertiary/aromatic N) is 4. The molecule has 0 saturated carbocycles. The van der Waals surface area contributed by atoms with E-state index in [-0.39, 0.29) is 30.1 Å². The number of carbonyl (C=O) groups excluding carboxylic acids is 2. The standard InChI is InChI=1S/C19H19FN6O2/c1-11-7-16-14(17-18(27)22-5-2-6-26(17)24-16)10-25(11)19(28)23-13-3-4-15(20)12(8-13)9-21/h3-4,8,11H,2,5-7,10H2,1H3,(H,22,27)(H,23,28)/t11-/m1/s1. The lowest BCUT2D eigenvalue weighted by Crippen LogP contribution is -2.45. The van der Waals surface area contributed by atoms with Crippen LogP contribution in [0.5, 0.6) is 0 Å². The second-order valence-electron chi connectivity index (χ2n) is 7.02. The SMILES string of the molecule is C[C@@H]1Cc2nn3c(c2CN1C(=O)Nc1ccc(F)c(C#N)c1)C(=O)NCCC3. The number of nitrogens with one attached hydrogen (secondary N) is 2. The summed E-state index contributed by atoms with van der Waals surface area (Å²) < 4.78 is 15.2. The van der Waals surface area contributed by atoms with E-state index in [0.29, 0.717) is 30.9 Å². The van der Waals surface area contributed by atoms with Crippen LogP contribution in [0.4, 0.5) is 14.9 Å². The van der Waals surface area contributed by atoms with Gasteiger partial charge in [-0.15, -0.1) is 0 Å². The minimum atomic E-state index is -0.634. The van der Waals surface area contributed by atoms with Gasteiger partial charge in [0.15, 0.2) is 0 Å². The van der Waals surface area contributed by atoms with Crippen LogP contribution in [0.1, 0.15) is 40.7 Å². The third kappa shape index (κ3) is 3.07. The molecule has 2 N–H and O–H groups in total. The van der Waals surface area contributed by atoms with Gasteiger partial charge in [-0.3, -0.25) is 9.48 Å². The Bertz CT molecular complexity index is 1010. The van der Waals surface area contributed by atoms with Crippen molar-refractivity contribution in [3.8, 4) is 6.07 Å². The van der Waals surface area contributed by atoms with Gasteiger partial charge in [0.05, 0.1) is 17.8 Å².